The number of hydrazine groups is 1. The van der Waals surface area contributed by atoms with Crippen molar-refractivity contribution in [1.29, 1.82) is 0 Å². The van der Waals surface area contributed by atoms with Gasteiger partial charge in [-0.25, -0.2) is 24.0 Å². The van der Waals surface area contributed by atoms with Crippen molar-refractivity contribution >= 4 is 38.8 Å². The van der Waals surface area contributed by atoms with E-state index in [1.54, 1.807) is 18.3 Å². The van der Waals surface area contributed by atoms with Crippen LogP contribution in [0.4, 0.5) is 5.82 Å². The second-order valence-corrected chi connectivity index (χ2v) is 7.88. The van der Waals surface area contributed by atoms with Crippen molar-refractivity contribution in [3.63, 3.8) is 0 Å². The lowest BCUT2D eigenvalue weighted by Crippen LogP contribution is -2.26. The molecule has 21 heavy (non-hydrogen) atoms. The Bertz CT molecular complexity index is 745. The van der Waals surface area contributed by atoms with Gasteiger partial charge in [0.2, 0.25) is 10.0 Å². The summed E-state index contributed by atoms with van der Waals surface area (Å²) in [5.74, 6) is 5.43. The van der Waals surface area contributed by atoms with Gasteiger partial charge in [0.1, 0.15) is 4.90 Å². The third-order valence-electron chi connectivity index (χ3n) is 2.78. The van der Waals surface area contributed by atoms with Crippen molar-refractivity contribution in [2.24, 2.45) is 5.84 Å². The second kappa shape index (κ2) is 6.29. The van der Waals surface area contributed by atoms with Crippen LogP contribution < -0.4 is 16.0 Å². The van der Waals surface area contributed by atoms with Crippen molar-refractivity contribution < 1.29 is 8.42 Å². The van der Waals surface area contributed by atoms with E-state index in [9.17, 15) is 8.42 Å². The molecule has 0 fully saturated rings. The lowest BCUT2D eigenvalue weighted by Gasteiger charge is -2.13. The van der Waals surface area contributed by atoms with Crippen LogP contribution in [0.25, 0.3) is 0 Å². The molecule has 0 aliphatic heterocycles. The van der Waals surface area contributed by atoms with Gasteiger partial charge in [-0.2, -0.15) is 0 Å². The van der Waals surface area contributed by atoms with Crippen LogP contribution in [0.3, 0.4) is 0 Å². The first kappa shape index (κ1) is 16.2. The standard InChI is InChI=1S/C12H15ClN4O2S2/c1-7-3-4-11(20-7)8(2)17-21(18,19)9-5-10(13)12(16-14)15-6-9/h3-6,8,17H,14H2,1-2H3,(H,15,16). The van der Waals surface area contributed by atoms with E-state index >= 15 is 0 Å². The van der Waals surface area contributed by atoms with Gasteiger partial charge in [0.15, 0.2) is 5.82 Å². The van der Waals surface area contributed by atoms with Crippen molar-refractivity contribution in [3.05, 3.63) is 39.2 Å². The molecule has 6 nitrogen and oxygen atoms in total. The van der Waals surface area contributed by atoms with E-state index in [1.807, 2.05) is 19.1 Å². The summed E-state index contributed by atoms with van der Waals surface area (Å²) in [7, 11) is -3.70. The molecule has 1 atom stereocenters. The molecule has 0 radical (unpaired) electrons. The number of nitrogens with one attached hydrogen (secondary N) is 2. The van der Waals surface area contributed by atoms with Crippen LogP contribution in [0.5, 0.6) is 0 Å². The number of nitrogen functional groups attached to an aromatic ring is 1. The molecule has 114 valence electrons. The maximum atomic E-state index is 12.3. The summed E-state index contributed by atoms with van der Waals surface area (Å²) in [6, 6.07) is 4.82. The Hall–Kier alpha value is -1.19. The second-order valence-electron chi connectivity index (χ2n) is 4.44. The number of nitrogens with zero attached hydrogens (tertiary/aromatic N) is 1. The number of rotatable bonds is 5. The summed E-state index contributed by atoms with van der Waals surface area (Å²) >= 11 is 7.44. The van der Waals surface area contributed by atoms with Crippen molar-refractivity contribution in [2.75, 3.05) is 5.43 Å². The number of pyridine rings is 1. The van der Waals surface area contributed by atoms with Crippen LogP contribution in [0.15, 0.2) is 29.3 Å². The molecule has 0 aromatic carbocycles. The number of hydrogen-bond donors (Lipinski definition) is 3. The number of halogens is 1. The minimum atomic E-state index is -3.70. The van der Waals surface area contributed by atoms with E-state index in [2.05, 4.69) is 15.1 Å². The van der Waals surface area contributed by atoms with Crippen LogP contribution in [-0.4, -0.2) is 13.4 Å². The molecule has 9 heteroatoms. The minimum absolute atomic E-state index is 0.00775. The number of aromatic nitrogens is 1. The molecule has 0 aliphatic rings. The number of nitrogens with two attached hydrogens (primary N) is 1. The highest BCUT2D eigenvalue weighted by molar-refractivity contribution is 7.89. The van der Waals surface area contributed by atoms with E-state index < -0.39 is 10.0 Å². The topological polar surface area (TPSA) is 97.1 Å². The third-order valence-corrected chi connectivity index (χ3v) is 5.76. The molecular formula is C12H15ClN4O2S2. The minimum Gasteiger partial charge on any atom is -0.307 e. The number of aryl methyl sites for hydroxylation is 1. The molecule has 0 spiro atoms. The van der Waals surface area contributed by atoms with Crippen LogP contribution in [0.2, 0.25) is 5.02 Å². The monoisotopic (exact) mass is 346 g/mol. The maximum absolute atomic E-state index is 12.3. The zero-order valence-corrected chi connectivity index (χ0v) is 13.8. The van der Waals surface area contributed by atoms with Crippen LogP contribution in [0, 0.1) is 6.92 Å². The Morgan fingerprint density at radius 2 is 2.14 bits per heavy atom. The van der Waals surface area contributed by atoms with Crippen molar-refractivity contribution in [2.45, 2.75) is 24.8 Å². The summed E-state index contributed by atoms with van der Waals surface area (Å²) in [6.45, 7) is 3.76. The van der Waals surface area contributed by atoms with Crippen LogP contribution in [-0.2, 0) is 10.0 Å². The summed E-state index contributed by atoms with van der Waals surface area (Å²) < 4.78 is 27.2. The Labute approximate surface area is 132 Å². The Morgan fingerprint density at radius 1 is 1.43 bits per heavy atom. The van der Waals surface area contributed by atoms with Crippen molar-refractivity contribution in [1.82, 2.24) is 9.71 Å². The maximum Gasteiger partial charge on any atom is 0.242 e. The van der Waals surface area contributed by atoms with E-state index in [1.165, 1.54) is 12.3 Å². The summed E-state index contributed by atoms with van der Waals surface area (Å²) in [5.41, 5.74) is 2.29. The van der Waals surface area contributed by atoms with E-state index in [0.717, 1.165) is 9.75 Å². The average molecular weight is 347 g/mol. The highest BCUT2D eigenvalue weighted by Crippen LogP contribution is 2.26. The van der Waals surface area contributed by atoms with E-state index in [4.69, 9.17) is 17.4 Å². The molecule has 4 N–H and O–H groups in total. The highest BCUT2D eigenvalue weighted by Gasteiger charge is 2.20. The Balaban J connectivity index is 2.24. The number of sulfonamides is 1. The smallest absolute Gasteiger partial charge is 0.242 e. The van der Waals surface area contributed by atoms with Gasteiger partial charge < -0.3 is 5.43 Å². The lowest BCUT2D eigenvalue weighted by atomic mass is 10.3. The number of thiophene rings is 1. The van der Waals surface area contributed by atoms with Crippen LogP contribution >= 0.6 is 22.9 Å². The molecule has 0 saturated heterocycles. The summed E-state index contributed by atoms with van der Waals surface area (Å²) in [4.78, 5) is 5.92. The molecule has 2 heterocycles. The summed E-state index contributed by atoms with van der Waals surface area (Å²) in [6.07, 6.45) is 1.20. The molecule has 0 saturated carbocycles. The zero-order valence-electron chi connectivity index (χ0n) is 11.4. The number of anilines is 1. The molecule has 1 unspecified atom stereocenters. The fourth-order valence-corrected chi connectivity index (χ4v) is 4.15. The Kier molecular flexibility index (Phi) is 4.84. The zero-order chi connectivity index (χ0) is 15.6. The van der Waals surface area contributed by atoms with Gasteiger partial charge in [-0.1, -0.05) is 11.6 Å². The first-order valence-electron chi connectivity index (χ1n) is 6.04. The molecule has 2 aromatic heterocycles. The lowest BCUT2D eigenvalue weighted by molar-refractivity contribution is 0.568. The molecule has 2 aromatic rings. The van der Waals surface area contributed by atoms with Crippen LogP contribution in [0.1, 0.15) is 22.7 Å². The van der Waals surface area contributed by atoms with Gasteiger partial charge in [-0.15, -0.1) is 11.3 Å². The largest absolute Gasteiger partial charge is 0.307 e. The quantitative estimate of drug-likeness (QED) is 0.570. The fourth-order valence-electron chi connectivity index (χ4n) is 1.72. The SMILES string of the molecule is Cc1ccc(C(C)NS(=O)(=O)c2cnc(NN)c(Cl)c2)s1. The summed E-state index contributed by atoms with van der Waals surface area (Å²) in [5, 5.41) is 0.139. The van der Waals surface area contributed by atoms with Gasteiger partial charge >= 0.3 is 0 Å². The average Bonchev–Trinajstić information content (AvgIpc) is 2.85. The number of hydrogen-bond acceptors (Lipinski definition) is 6. The van der Waals surface area contributed by atoms with E-state index in [0.29, 0.717) is 0 Å². The predicted octanol–water partition coefficient (Wildman–Crippen LogP) is 2.43. The molecule has 0 aliphatic carbocycles. The van der Waals surface area contributed by atoms with Gasteiger partial charge in [0.05, 0.1) is 11.1 Å². The van der Waals surface area contributed by atoms with Gasteiger partial charge in [-0.3, -0.25) is 0 Å². The predicted molar refractivity (Wildman–Crippen MR) is 84.8 cm³/mol. The highest BCUT2D eigenvalue weighted by atomic mass is 35.5. The van der Waals surface area contributed by atoms with Crippen molar-refractivity contribution in [3.8, 4) is 0 Å². The third kappa shape index (κ3) is 3.72. The normalized spacial score (nSPS) is 13.1. The molecule has 0 bridgehead atoms. The first-order valence-corrected chi connectivity index (χ1v) is 8.72. The van der Waals surface area contributed by atoms with Gasteiger partial charge in [0.25, 0.3) is 0 Å². The molecule has 2 rings (SSSR count). The van der Waals surface area contributed by atoms with E-state index in [-0.39, 0.29) is 21.8 Å². The first-order chi connectivity index (χ1) is 9.83. The fraction of sp³-hybridized carbons (Fsp3) is 0.250. The van der Waals surface area contributed by atoms with Gasteiger partial charge in [0, 0.05) is 16.0 Å². The van der Waals surface area contributed by atoms with Gasteiger partial charge in [-0.05, 0) is 32.0 Å². The molecule has 0 amide bonds. The molecular weight excluding hydrogens is 332 g/mol. The Morgan fingerprint density at radius 3 is 2.67 bits per heavy atom.